The summed E-state index contributed by atoms with van der Waals surface area (Å²) in [5.74, 6) is -1.09. The zero-order chi connectivity index (χ0) is 22.3. The number of hydrogen-bond donors (Lipinski definition) is 1. The highest BCUT2D eigenvalue weighted by Gasteiger charge is 2.39. The molecule has 160 valence electrons. The van der Waals surface area contributed by atoms with Gasteiger partial charge in [0.25, 0.3) is 11.8 Å². The molecule has 1 saturated heterocycles. The zero-order valence-corrected chi connectivity index (χ0v) is 17.8. The van der Waals surface area contributed by atoms with Gasteiger partial charge in [-0.05, 0) is 43.2 Å². The molecule has 2 heterocycles. The van der Waals surface area contributed by atoms with Crippen LogP contribution in [-0.4, -0.2) is 41.1 Å². The van der Waals surface area contributed by atoms with Crippen molar-refractivity contribution in [2.75, 3.05) is 16.8 Å². The fourth-order valence-corrected chi connectivity index (χ4v) is 4.09. The first-order valence-electron chi connectivity index (χ1n) is 10.4. The van der Waals surface area contributed by atoms with Gasteiger partial charge in [-0.25, -0.2) is 4.90 Å². The van der Waals surface area contributed by atoms with Gasteiger partial charge in [-0.2, -0.15) is 0 Å². The van der Waals surface area contributed by atoms with Crippen molar-refractivity contribution in [2.45, 2.75) is 39.7 Å². The maximum absolute atomic E-state index is 12.9. The van der Waals surface area contributed by atoms with E-state index in [1.54, 1.807) is 53.4 Å². The summed E-state index contributed by atoms with van der Waals surface area (Å²) in [6.07, 6.45) is 1.38. The summed E-state index contributed by atoms with van der Waals surface area (Å²) in [5, 5.41) is 2.85. The number of imide groups is 1. The van der Waals surface area contributed by atoms with Crippen molar-refractivity contribution in [2.24, 2.45) is 5.41 Å². The highest BCUT2D eigenvalue weighted by molar-refractivity contribution is 6.34. The van der Waals surface area contributed by atoms with E-state index in [0.29, 0.717) is 35.5 Å². The van der Waals surface area contributed by atoms with Crippen LogP contribution in [0.15, 0.2) is 48.5 Å². The Labute approximate surface area is 181 Å². The maximum Gasteiger partial charge on any atom is 0.266 e. The fourth-order valence-electron chi connectivity index (χ4n) is 4.09. The lowest BCUT2D eigenvalue weighted by atomic mass is 9.94. The molecule has 2 aliphatic heterocycles. The molecule has 0 spiro atoms. The summed E-state index contributed by atoms with van der Waals surface area (Å²) in [5.41, 5.74) is 1.02. The van der Waals surface area contributed by atoms with E-state index in [9.17, 15) is 19.2 Å². The second-order valence-electron chi connectivity index (χ2n) is 8.94. The van der Waals surface area contributed by atoms with Crippen LogP contribution < -0.4 is 10.2 Å². The summed E-state index contributed by atoms with van der Waals surface area (Å²) in [7, 11) is 0. The van der Waals surface area contributed by atoms with Crippen LogP contribution in [0.25, 0.3) is 0 Å². The lowest BCUT2D eigenvalue weighted by molar-refractivity contribution is -0.143. The van der Waals surface area contributed by atoms with E-state index in [2.05, 4.69) is 5.32 Å². The van der Waals surface area contributed by atoms with Crippen molar-refractivity contribution in [3.8, 4) is 0 Å². The maximum atomic E-state index is 12.9. The average molecular weight is 419 g/mol. The fraction of sp³-hybridized carbons (Fsp3) is 0.333. The Bertz CT molecular complexity index is 1050. The van der Waals surface area contributed by atoms with E-state index in [1.165, 1.54) is 0 Å². The molecule has 4 rings (SSSR count). The minimum atomic E-state index is -0.561. The molecule has 4 amide bonds. The number of carbonyl (C=O) groups excluding carboxylic acids is 4. The molecule has 0 saturated carbocycles. The predicted molar refractivity (Wildman–Crippen MR) is 117 cm³/mol. The van der Waals surface area contributed by atoms with Gasteiger partial charge in [-0.3, -0.25) is 19.2 Å². The minimum absolute atomic E-state index is 0.0510. The monoisotopic (exact) mass is 419 g/mol. The molecule has 7 nitrogen and oxygen atoms in total. The highest BCUT2D eigenvalue weighted by Crippen LogP contribution is 2.30. The van der Waals surface area contributed by atoms with Crippen molar-refractivity contribution >= 4 is 35.0 Å². The summed E-state index contributed by atoms with van der Waals surface area (Å²) in [6, 6.07) is 12.8. The van der Waals surface area contributed by atoms with E-state index < -0.39 is 11.5 Å². The Hall–Kier alpha value is -3.48. The van der Waals surface area contributed by atoms with E-state index in [1.807, 2.05) is 20.8 Å². The number of anilines is 2. The van der Waals surface area contributed by atoms with Gasteiger partial charge < -0.3 is 10.2 Å². The van der Waals surface area contributed by atoms with E-state index in [4.69, 9.17) is 0 Å². The molecule has 1 fully saturated rings. The normalized spacial score (nSPS) is 18.4. The van der Waals surface area contributed by atoms with Crippen LogP contribution in [0.2, 0.25) is 0 Å². The van der Waals surface area contributed by atoms with Crippen LogP contribution in [-0.2, 0) is 9.59 Å². The van der Waals surface area contributed by atoms with Crippen molar-refractivity contribution in [3.63, 3.8) is 0 Å². The van der Waals surface area contributed by atoms with Crippen LogP contribution in [0.4, 0.5) is 11.4 Å². The number of amides is 4. The van der Waals surface area contributed by atoms with Gasteiger partial charge in [-0.15, -0.1) is 0 Å². The summed E-state index contributed by atoms with van der Waals surface area (Å²) in [4.78, 5) is 53.9. The third-order valence-electron chi connectivity index (χ3n) is 5.62. The van der Waals surface area contributed by atoms with Gasteiger partial charge in [0.05, 0.1) is 16.8 Å². The van der Waals surface area contributed by atoms with E-state index in [0.717, 1.165) is 11.3 Å². The van der Waals surface area contributed by atoms with Gasteiger partial charge in [0.15, 0.2) is 0 Å². The molecule has 2 aromatic carbocycles. The topological polar surface area (TPSA) is 86.8 Å². The molecule has 2 aliphatic rings. The van der Waals surface area contributed by atoms with Crippen LogP contribution in [0.3, 0.4) is 0 Å². The molecule has 1 atom stereocenters. The van der Waals surface area contributed by atoms with Gasteiger partial charge in [-0.1, -0.05) is 39.0 Å². The standard InChI is InChI=1S/C24H25N3O4/c1-24(2,3)23(31)26-13-7-12-19(26)20(28)25-15-8-6-9-16(14-15)27-21(29)17-10-4-5-11-18(17)22(27)30/h4-6,8-11,14,19H,7,12-13H2,1-3H3,(H,25,28). The number of likely N-dealkylation sites (tertiary alicyclic amines) is 1. The number of nitrogens with zero attached hydrogens (tertiary/aromatic N) is 2. The third kappa shape index (κ3) is 3.71. The highest BCUT2D eigenvalue weighted by atomic mass is 16.2. The van der Waals surface area contributed by atoms with Gasteiger partial charge in [0.1, 0.15) is 6.04 Å². The van der Waals surface area contributed by atoms with Crippen molar-refractivity contribution in [3.05, 3.63) is 59.7 Å². The SMILES string of the molecule is CC(C)(C)C(=O)N1CCCC1C(=O)Nc1cccc(N2C(=O)c3ccccc3C2=O)c1. The first-order valence-corrected chi connectivity index (χ1v) is 10.4. The number of hydrogen-bond acceptors (Lipinski definition) is 4. The van der Waals surface area contributed by atoms with Gasteiger partial charge in [0, 0.05) is 17.6 Å². The number of benzene rings is 2. The van der Waals surface area contributed by atoms with Crippen LogP contribution in [0.1, 0.15) is 54.3 Å². The Morgan fingerprint density at radius 1 is 0.968 bits per heavy atom. The summed E-state index contributed by atoms with van der Waals surface area (Å²) < 4.78 is 0. The van der Waals surface area contributed by atoms with Crippen LogP contribution >= 0.6 is 0 Å². The largest absolute Gasteiger partial charge is 0.330 e. The third-order valence-corrected chi connectivity index (χ3v) is 5.62. The van der Waals surface area contributed by atoms with Crippen molar-refractivity contribution in [1.82, 2.24) is 4.90 Å². The van der Waals surface area contributed by atoms with Crippen molar-refractivity contribution < 1.29 is 19.2 Å². The van der Waals surface area contributed by atoms with Gasteiger partial charge >= 0.3 is 0 Å². The van der Waals surface area contributed by atoms with Gasteiger partial charge in [0.2, 0.25) is 11.8 Å². The first kappa shape index (κ1) is 20.8. The quantitative estimate of drug-likeness (QED) is 0.772. The molecule has 0 aliphatic carbocycles. The molecule has 1 N–H and O–H groups in total. The molecule has 0 radical (unpaired) electrons. The number of nitrogens with one attached hydrogen (secondary N) is 1. The molecular formula is C24H25N3O4. The van der Waals surface area contributed by atoms with E-state index in [-0.39, 0.29) is 23.6 Å². The summed E-state index contributed by atoms with van der Waals surface area (Å²) in [6.45, 7) is 6.08. The molecule has 31 heavy (non-hydrogen) atoms. The predicted octanol–water partition coefficient (Wildman–Crippen LogP) is 3.46. The second kappa shape index (κ2) is 7.65. The zero-order valence-electron chi connectivity index (χ0n) is 17.8. The smallest absolute Gasteiger partial charge is 0.266 e. The van der Waals surface area contributed by atoms with E-state index >= 15 is 0 Å². The first-order chi connectivity index (χ1) is 14.7. The molecule has 1 unspecified atom stereocenters. The Morgan fingerprint density at radius 2 is 1.61 bits per heavy atom. The molecule has 7 heteroatoms. The number of carbonyl (C=O) groups is 4. The molecule has 0 aromatic heterocycles. The molecular weight excluding hydrogens is 394 g/mol. The lowest BCUT2D eigenvalue weighted by Gasteiger charge is -2.30. The summed E-state index contributed by atoms with van der Waals surface area (Å²) >= 11 is 0. The second-order valence-corrected chi connectivity index (χ2v) is 8.94. The number of rotatable bonds is 3. The Balaban J connectivity index is 1.53. The Kier molecular flexibility index (Phi) is 5.13. The van der Waals surface area contributed by atoms with Crippen molar-refractivity contribution in [1.29, 1.82) is 0 Å². The average Bonchev–Trinajstić information content (AvgIpc) is 3.31. The lowest BCUT2D eigenvalue weighted by Crippen LogP contribution is -2.47. The van der Waals surface area contributed by atoms with Crippen LogP contribution in [0, 0.1) is 5.41 Å². The Morgan fingerprint density at radius 3 is 2.23 bits per heavy atom. The molecule has 0 bridgehead atoms. The van der Waals surface area contributed by atoms with Crippen LogP contribution in [0.5, 0.6) is 0 Å². The minimum Gasteiger partial charge on any atom is -0.330 e. The molecule has 2 aromatic rings. The number of fused-ring (bicyclic) bond motifs is 1.